The molecular formula is C16H32N2. The van der Waals surface area contributed by atoms with Crippen LogP contribution in [0, 0.1) is 0 Å². The summed E-state index contributed by atoms with van der Waals surface area (Å²) in [6.45, 7) is 3.36. The van der Waals surface area contributed by atoms with Gasteiger partial charge < -0.3 is 10.2 Å². The SMILES string of the molecule is CCNC1CCC(N(C)C2CCCCCC2)CC1. The minimum Gasteiger partial charge on any atom is -0.314 e. The molecule has 0 aliphatic heterocycles. The highest BCUT2D eigenvalue weighted by Crippen LogP contribution is 2.28. The number of nitrogens with zero attached hydrogens (tertiary/aromatic N) is 1. The summed E-state index contributed by atoms with van der Waals surface area (Å²) >= 11 is 0. The summed E-state index contributed by atoms with van der Waals surface area (Å²) in [7, 11) is 2.40. The topological polar surface area (TPSA) is 15.3 Å². The van der Waals surface area contributed by atoms with Crippen LogP contribution in [-0.4, -0.2) is 36.6 Å². The van der Waals surface area contributed by atoms with Gasteiger partial charge in [-0.25, -0.2) is 0 Å². The largest absolute Gasteiger partial charge is 0.314 e. The van der Waals surface area contributed by atoms with Crippen molar-refractivity contribution in [3.63, 3.8) is 0 Å². The molecule has 0 heterocycles. The minimum absolute atomic E-state index is 0.800. The quantitative estimate of drug-likeness (QED) is 0.770. The smallest absolute Gasteiger partial charge is 0.00963 e. The second-order valence-corrected chi connectivity index (χ2v) is 6.37. The molecule has 0 aromatic heterocycles. The van der Waals surface area contributed by atoms with E-state index in [4.69, 9.17) is 0 Å². The highest BCUT2D eigenvalue weighted by molar-refractivity contribution is 4.85. The molecule has 1 N–H and O–H groups in total. The Labute approximate surface area is 114 Å². The van der Waals surface area contributed by atoms with E-state index in [0.29, 0.717) is 0 Å². The molecule has 0 amide bonds. The van der Waals surface area contributed by atoms with Crippen molar-refractivity contribution >= 4 is 0 Å². The molecule has 2 aliphatic rings. The van der Waals surface area contributed by atoms with Crippen LogP contribution in [0.2, 0.25) is 0 Å². The lowest BCUT2D eigenvalue weighted by atomic mass is 9.89. The molecular weight excluding hydrogens is 220 g/mol. The van der Waals surface area contributed by atoms with Crippen LogP contribution in [0.15, 0.2) is 0 Å². The fourth-order valence-electron chi connectivity index (χ4n) is 3.94. The van der Waals surface area contributed by atoms with Crippen molar-refractivity contribution in [1.82, 2.24) is 10.2 Å². The van der Waals surface area contributed by atoms with Gasteiger partial charge in [0.05, 0.1) is 0 Å². The first-order valence-electron chi connectivity index (χ1n) is 8.26. The highest BCUT2D eigenvalue weighted by Gasteiger charge is 2.27. The van der Waals surface area contributed by atoms with E-state index in [2.05, 4.69) is 24.2 Å². The molecule has 2 heteroatoms. The highest BCUT2D eigenvalue weighted by atomic mass is 15.2. The van der Waals surface area contributed by atoms with Crippen LogP contribution in [0.25, 0.3) is 0 Å². The third-order valence-electron chi connectivity index (χ3n) is 5.17. The molecule has 2 aliphatic carbocycles. The fraction of sp³-hybridized carbons (Fsp3) is 1.00. The molecule has 0 atom stereocenters. The molecule has 0 bridgehead atoms. The first-order valence-corrected chi connectivity index (χ1v) is 8.26. The van der Waals surface area contributed by atoms with E-state index in [-0.39, 0.29) is 0 Å². The molecule has 18 heavy (non-hydrogen) atoms. The molecule has 0 unspecified atom stereocenters. The normalized spacial score (nSPS) is 31.5. The van der Waals surface area contributed by atoms with Gasteiger partial charge in [-0.15, -0.1) is 0 Å². The predicted molar refractivity (Wildman–Crippen MR) is 79.0 cm³/mol. The maximum atomic E-state index is 3.61. The van der Waals surface area contributed by atoms with Crippen molar-refractivity contribution in [2.75, 3.05) is 13.6 Å². The zero-order valence-electron chi connectivity index (χ0n) is 12.5. The minimum atomic E-state index is 0.800. The van der Waals surface area contributed by atoms with Crippen LogP contribution in [-0.2, 0) is 0 Å². The van der Waals surface area contributed by atoms with Crippen LogP contribution in [0.1, 0.15) is 71.1 Å². The van der Waals surface area contributed by atoms with E-state index in [1.54, 1.807) is 0 Å². The average Bonchev–Trinajstić information content (AvgIpc) is 2.68. The molecule has 2 saturated carbocycles. The summed E-state index contributed by atoms with van der Waals surface area (Å²) in [4.78, 5) is 2.74. The van der Waals surface area contributed by atoms with Crippen LogP contribution in [0.3, 0.4) is 0 Å². The van der Waals surface area contributed by atoms with Crippen molar-refractivity contribution in [2.24, 2.45) is 0 Å². The van der Waals surface area contributed by atoms with Gasteiger partial charge in [0.15, 0.2) is 0 Å². The lowest BCUT2D eigenvalue weighted by molar-refractivity contribution is 0.117. The predicted octanol–water partition coefficient (Wildman–Crippen LogP) is 3.56. The Morgan fingerprint density at radius 2 is 1.39 bits per heavy atom. The lowest BCUT2D eigenvalue weighted by Gasteiger charge is -2.39. The first kappa shape index (κ1) is 14.3. The summed E-state index contributed by atoms with van der Waals surface area (Å²) < 4.78 is 0. The Balaban J connectivity index is 1.77. The molecule has 0 aromatic carbocycles. The molecule has 106 valence electrons. The standard InChI is InChI=1S/C16H32N2/c1-3-17-14-10-12-16(13-11-14)18(2)15-8-6-4-5-7-9-15/h14-17H,3-13H2,1-2H3. The van der Waals surface area contributed by atoms with Crippen LogP contribution in [0.5, 0.6) is 0 Å². The monoisotopic (exact) mass is 252 g/mol. The van der Waals surface area contributed by atoms with Gasteiger partial charge in [-0.2, -0.15) is 0 Å². The number of hydrogen-bond acceptors (Lipinski definition) is 2. The van der Waals surface area contributed by atoms with E-state index >= 15 is 0 Å². The fourth-order valence-corrected chi connectivity index (χ4v) is 3.94. The summed E-state index contributed by atoms with van der Waals surface area (Å²) in [6.07, 6.45) is 14.3. The van der Waals surface area contributed by atoms with Crippen LogP contribution < -0.4 is 5.32 Å². The van der Waals surface area contributed by atoms with Gasteiger partial charge >= 0.3 is 0 Å². The van der Waals surface area contributed by atoms with Crippen LogP contribution in [0.4, 0.5) is 0 Å². The van der Waals surface area contributed by atoms with Crippen molar-refractivity contribution in [2.45, 2.75) is 89.3 Å². The Hall–Kier alpha value is -0.0800. The maximum Gasteiger partial charge on any atom is 0.00963 e. The second-order valence-electron chi connectivity index (χ2n) is 6.37. The van der Waals surface area contributed by atoms with E-state index in [1.807, 2.05) is 0 Å². The summed E-state index contributed by atoms with van der Waals surface area (Å²) in [5.41, 5.74) is 0. The average molecular weight is 252 g/mol. The van der Waals surface area contributed by atoms with Crippen LogP contribution >= 0.6 is 0 Å². The number of rotatable bonds is 4. The molecule has 0 saturated heterocycles. The lowest BCUT2D eigenvalue weighted by Crippen LogP contribution is -2.44. The van der Waals surface area contributed by atoms with Crippen molar-refractivity contribution in [3.05, 3.63) is 0 Å². The zero-order valence-corrected chi connectivity index (χ0v) is 12.5. The third kappa shape index (κ3) is 3.96. The summed E-state index contributed by atoms with van der Waals surface area (Å²) in [5, 5.41) is 3.61. The van der Waals surface area contributed by atoms with Gasteiger partial charge in [-0.3, -0.25) is 0 Å². The van der Waals surface area contributed by atoms with Crippen molar-refractivity contribution < 1.29 is 0 Å². The van der Waals surface area contributed by atoms with Gasteiger partial charge in [0.1, 0.15) is 0 Å². The van der Waals surface area contributed by atoms with Gasteiger partial charge in [-0.1, -0.05) is 32.6 Å². The summed E-state index contributed by atoms with van der Waals surface area (Å²) in [5.74, 6) is 0. The van der Waals surface area contributed by atoms with E-state index in [1.165, 1.54) is 64.2 Å². The zero-order chi connectivity index (χ0) is 12.8. The number of hydrogen-bond donors (Lipinski definition) is 1. The van der Waals surface area contributed by atoms with E-state index in [9.17, 15) is 0 Å². The number of nitrogens with one attached hydrogen (secondary N) is 1. The Kier molecular flexibility index (Phi) is 5.97. The Bertz CT molecular complexity index is 213. The molecule has 0 spiro atoms. The van der Waals surface area contributed by atoms with Gasteiger partial charge in [0.25, 0.3) is 0 Å². The maximum absolute atomic E-state index is 3.61. The van der Waals surface area contributed by atoms with Gasteiger partial charge in [-0.05, 0) is 52.1 Å². The summed E-state index contributed by atoms with van der Waals surface area (Å²) in [6, 6.07) is 2.55. The third-order valence-corrected chi connectivity index (χ3v) is 5.17. The first-order chi connectivity index (χ1) is 8.81. The van der Waals surface area contributed by atoms with E-state index < -0.39 is 0 Å². The molecule has 2 nitrogen and oxygen atoms in total. The molecule has 2 fully saturated rings. The van der Waals surface area contributed by atoms with Gasteiger partial charge in [0.2, 0.25) is 0 Å². The van der Waals surface area contributed by atoms with E-state index in [0.717, 1.165) is 24.7 Å². The van der Waals surface area contributed by atoms with Gasteiger partial charge in [0, 0.05) is 18.1 Å². The molecule has 2 rings (SSSR count). The molecule has 0 aromatic rings. The van der Waals surface area contributed by atoms with Crippen molar-refractivity contribution in [1.29, 1.82) is 0 Å². The molecule has 0 radical (unpaired) electrons. The Morgan fingerprint density at radius 1 is 0.833 bits per heavy atom. The van der Waals surface area contributed by atoms with Crippen molar-refractivity contribution in [3.8, 4) is 0 Å². The second kappa shape index (κ2) is 7.49. The Morgan fingerprint density at radius 3 is 1.94 bits per heavy atom.